The van der Waals surface area contributed by atoms with Crippen molar-refractivity contribution >= 4 is 16.8 Å². The molecule has 140 valence electrons. The van der Waals surface area contributed by atoms with Crippen molar-refractivity contribution in [3.8, 4) is 0 Å². The van der Waals surface area contributed by atoms with E-state index in [1.165, 1.54) is 19.3 Å². The van der Waals surface area contributed by atoms with Gasteiger partial charge in [0.05, 0.1) is 29.9 Å². The van der Waals surface area contributed by atoms with Gasteiger partial charge in [0.25, 0.3) is 5.91 Å². The number of hydrogen-bond donors (Lipinski definition) is 1. The Morgan fingerprint density at radius 3 is 2.74 bits per heavy atom. The van der Waals surface area contributed by atoms with Crippen molar-refractivity contribution < 1.29 is 4.79 Å². The zero-order chi connectivity index (χ0) is 18.8. The molecule has 0 saturated heterocycles. The van der Waals surface area contributed by atoms with Crippen molar-refractivity contribution in [1.82, 2.24) is 25.1 Å². The molecule has 3 aromatic rings. The molecule has 1 amide bonds. The topological polar surface area (TPSA) is 72.7 Å². The average Bonchev–Trinajstić information content (AvgIpc) is 3.08. The van der Waals surface area contributed by atoms with Crippen molar-refractivity contribution in [2.24, 2.45) is 0 Å². The number of para-hydroxylation sites is 1. The third kappa shape index (κ3) is 3.56. The second kappa shape index (κ2) is 7.47. The van der Waals surface area contributed by atoms with Crippen LogP contribution in [-0.4, -0.2) is 25.7 Å². The third-order valence-electron chi connectivity index (χ3n) is 5.46. The summed E-state index contributed by atoms with van der Waals surface area (Å²) in [6.45, 7) is 4.25. The van der Waals surface area contributed by atoms with Crippen molar-refractivity contribution in [1.29, 1.82) is 0 Å². The minimum atomic E-state index is -0.121. The SMILES string of the molecule is Cc1nc(CNC(=O)c2cnn(C3CCCCC3)c2C)nc2ccccc12. The molecule has 4 rings (SSSR count). The van der Waals surface area contributed by atoms with E-state index < -0.39 is 0 Å². The van der Waals surface area contributed by atoms with E-state index >= 15 is 0 Å². The molecule has 0 radical (unpaired) electrons. The Bertz CT molecular complexity index is 972. The number of hydrogen-bond acceptors (Lipinski definition) is 4. The summed E-state index contributed by atoms with van der Waals surface area (Å²) in [5.41, 5.74) is 3.40. The van der Waals surface area contributed by atoms with Gasteiger partial charge in [-0.1, -0.05) is 37.5 Å². The van der Waals surface area contributed by atoms with Gasteiger partial charge in [0.15, 0.2) is 0 Å². The van der Waals surface area contributed by atoms with Crippen LogP contribution in [0.1, 0.15) is 65.7 Å². The molecule has 1 saturated carbocycles. The Morgan fingerprint density at radius 1 is 1.15 bits per heavy atom. The highest BCUT2D eigenvalue weighted by molar-refractivity contribution is 5.95. The summed E-state index contributed by atoms with van der Waals surface area (Å²) in [5, 5.41) is 8.48. The van der Waals surface area contributed by atoms with Gasteiger partial charge in [-0.2, -0.15) is 5.10 Å². The van der Waals surface area contributed by atoms with Gasteiger partial charge in [0.2, 0.25) is 0 Å². The lowest BCUT2D eigenvalue weighted by Crippen LogP contribution is -2.25. The maximum Gasteiger partial charge on any atom is 0.255 e. The first-order chi connectivity index (χ1) is 13.1. The van der Waals surface area contributed by atoms with Crippen molar-refractivity contribution in [2.45, 2.75) is 58.5 Å². The number of amides is 1. The number of carbonyl (C=O) groups excluding carboxylic acids is 1. The van der Waals surface area contributed by atoms with Gasteiger partial charge in [0, 0.05) is 16.8 Å². The lowest BCUT2D eigenvalue weighted by molar-refractivity contribution is 0.0949. The van der Waals surface area contributed by atoms with Gasteiger partial charge in [-0.05, 0) is 32.8 Å². The summed E-state index contributed by atoms with van der Waals surface area (Å²) in [6, 6.07) is 8.34. The summed E-state index contributed by atoms with van der Waals surface area (Å²) in [4.78, 5) is 21.7. The number of nitrogens with one attached hydrogen (secondary N) is 1. The Labute approximate surface area is 159 Å². The molecule has 6 nitrogen and oxygen atoms in total. The zero-order valence-electron chi connectivity index (χ0n) is 15.9. The first-order valence-corrected chi connectivity index (χ1v) is 9.68. The summed E-state index contributed by atoms with van der Waals surface area (Å²) in [5.74, 6) is 0.501. The van der Waals surface area contributed by atoms with Crippen molar-refractivity contribution in [2.75, 3.05) is 0 Å². The van der Waals surface area contributed by atoms with Gasteiger partial charge in [-0.3, -0.25) is 9.48 Å². The van der Waals surface area contributed by atoms with E-state index in [4.69, 9.17) is 0 Å². The Kier molecular flexibility index (Phi) is 4.88. The molecule has 0 aliphatic heterocycles. The fourth-order valence-electron chi connectivity index (χ4n) is 3.97. The molecule has 0 spiro atoms. The van der Waals surface area contributed by atoms with Crippen LogP contribution in [0.5, 0.6) is 0 Å². The van der Waals surface area contributed by atoms with Crippen LogP contribution in [0.2, 0.25) is 0 Å². The van der Waals surface area contributed by atoms with Gasteiger partial charge >= 0.3 is 0 Å². The first kappa shape index (κ1) is 17.6. The maximum absolute atomic E-state index is 12.7. The number of nitrogens with zero attached hydrogens (tertiary/aromatic N) is 4. The minimum Gasteiger partial charge on any atom is -0.345 e. The lowest BCUT2D eigenvalue weighted by atomic mass is 9.95. The van der Waals surface area contributed by atoms with E-state index in [2.05, 4.69) is 20.4 Å². The van der Waals surface area contributed by atoms with Gasteiger partial charge < -0.3 is 5.32 Å². The van der Waals surface area contributed by atoms with Gasteiger partial charge in [-0.15, -0.1) is 0 Å². The first-order valence-electron chi connectivity index (χ1n) is 9.68. The smallest absolute Gasteiger partial charge is 0.255 e. The second-order valence-corrected chi connectivity index (χ2v) is 7.31. The van der Waals surface area contributed by atoms with Crippen LogP contribution >= 0.6 is 0 Å². The van der Waals surface area contributed by atoms with Crippen LogP contribution in [0, 0.1) is 13.8 Å². The number of fused-ring (bicyclic) bond motifs is 1. The van der Waals surface area contributed by atoms with E-state index in [9.17, 15) is 4.79 Å². The summed E-state index contributed by atoms with van der Waals surface area (Å²) < 4.78 is 2.03. The van der Waals surface area contributed by atoms with Crippen LogP contribution in [0.3, 0.4) is 0 Å². The quantitative estimate of drug-likeness (QED) is 0.763. The highest BCUT2D eigenvalue weighted by atomic mass is 16.1. The molecule has 1 aromatic carbocycles. The molecule has 1 aliphatic rings. The van der Waals surface area contributed by atoms with Crippen LogP contribution < -0.4 is 5.32 Å². The summed E-state index contributed by atoms with van der Waals surface area (Å²) in [6.07, 6.45) is 7.76. The molecule has 0 atom stereocenters. The predicted molar refractivity (Wildman–Crippen MR) is 105 cm³/mol. The monoisotopic (exact) mass is 363 g/mol. The molecule has 1 N–H and O–H groups in total. The molecule has 1 fully saturated rings. The molecule has 27 heavy (non-hydrogen) atoms. The third-order valence-corrected chi connectivity index (χ3v) is 5.46. The number of benzene rings is 1. The number of aromatic nitrogens is 4. The van der Waals surface area contributed by atoms with Crippen LogP contribution in [0.15, 0.2) is 30.5 Å². The van der Waals surface area contributed by atoms with Gasteiger partial charge in [0.1, 0.15) is 5.82 Å². The van der Waals surface area contributed by atoms with Crippen LogP contribution in [0.4, 0.5) is 0 Å². The molecule has 0 bridgehead atoms. The summed E-state index contributed by atoms with van der Waals surface area (Å²) in [7, 11) is 0. The predicted octanol–water partition coefficient (Wildman–Crippen LogP) is 3.88. The molecular formula is C21H25N5O. The number of aryl methyl sites for hydroxylation is 1. The van der Waals surface area contributed by atoms with E-state index in [0.717, 1.165) is 35.1 Å². The normalized spacial score (nSPS) is 15.2. The van der Waals surface area contributed by atoms with E-state index in [0.29, 0.717) is 24.0 Å². The van der Waals surface area contributed by atoms with E-state index in [1.807, 2.05) is 42.8 Å². The zero-order valence-corrected chi connectivity index (χ0v) is 15.9. The lowest BCUT2D eigenvalue weighted by Gasteiger charge is -2.23. The molecule has 2 aromatic heterocycles. The molecular weight excluding hydrogens is 338 g/mol. The van der Waals surface area contributed by atoms with Crippen LogP contribution in [-0.2, 0) is 6.54 Å². The standard InChI is InChI=1S/C21H25N5O/c1-14-17-10-6-7-11-19(17)25-20(24-14)13-22-21(27)18-12-23-26(15(18)2)16-8-4-3-5-9-16/h6-7,10-12,16H,3-5,8-9,13H2,1-2H3,(H,22,27). The van der Waals surface area contributed by atoms with Gasteiger partial charge in [-0.25, -0.2) is 9.97 Å². The number of carbonyl (C=O) groups is 1. The maximum atomic E-state index is 12.7. The molecule has 1 aliphatic carbocycles. The van der Waals surface area contributed by atoms with Crippen LogP contribution in [0.25, 0.3) is 10.9 Å². The molecule has 0 unspecified atom stereocenters. The van der Waals surface area contributed by atoms with Crippen molar-refractivity contribution in [3.63, 3.8) is 0 Å². The second-order valence-electron chi connectivity index (χ2n) is 7.31. The fraction of sp³-hybridized carbons (Fsp3) is 0.429. The van der Waals surface area contributed by atoms with E-state index in [-0.39, 0.29) is 5.91 Å². The number of rotatable bonds is 4. The molecule has 6 heteroatoms. The Balaban J connectivity index is 1.48. The minimum absolute atomic E-state index is 0.121. The fourth-order valence-corrected chi connectivity index (χ4v) is 3.97. The molecule has 2 heterocycles. The largest absolute Gasteiger partial charge is 0.345 e. The highest BCUT2D eigenvalue weighted by Gasteiger charge is 2.21. The highest BCUT2D eigenvalue weighted by Crippen LogP contribution is 2.29. The Morgan fingerprint density at radius 2 is 1.93 bits per heavy atom. The average molecular weight is 363 g/mol. The summed E-state index contributed by atoms with van der Waals surface area (Å²) >= 11 is 0. The van der Waals surface area contributed by atoms with Crippen molar-refractivity contribution in [3.05, 3.63) is 53.2 Å². The Hall–Kier alpha value is -2.76. The van der Waals surface area contributed by atoms with E-state index in [1.54, 1.807) is 6.20 Å².